The van der Waals surface area contributed by atoms with Crippen molar-refractivity contribution in [3.8, 4) is 5.88 Å². The minimum absolute atomic E-state index is 0.119. The molecule has 200 valence electrons. The summed E-state index contributed by atoms with van der Waals surface area (Å²) in [5.74, 6) is 0.588. The quantitative estimate of drug-likeness (QED) is 0.218. The summed E-state index contributed by atoms with van der Waals surface area (Å²) in [6, 6.07) is 3.82. The van der Waals surface area contributed by atoms with E-state index in [1.807, 2.05) is 25.1 Å². The van der Waals surface area contributed by atoms with E-state index in [1.54, 1.807) is 17.3 Å². The van der Waals surface area contributed by atoms with Gasteiger partial charge in [0.2, 0.25) is 5.88 Å². The van der Waals surface area contributed by atoms with Gasteiger partial charge >= 0.3 is 6.03 Å². The van der Waals surface area contributed by atoms with E-state index in [0.717, 1.165) is 60.1 Å². The number of rotatable bonds is 9. The number of aliphatic hydroxyl groups excluding tert-OH is 1. The fourth-order valence-electron chi connectivity index (χ4n) is 5.61. The number of nitrogens with zero attached hydrogens (tertiary/aromatic N) is 3. The molecule has 0 radical (unpaired) electrons. The first kappa shape index (κ1) is 25.2. The lowest BCUT2D eigenvalue weighted by Crippen LogP contribution is -2.50. The summed E-state index contributed by atoms with van der Waals surface area (Å²) in [6.45, 7) is 6.50. The van der Waals surface area contributed by atoms with Gasteiger partial charge in [0.25, 0.3) is 0 Å². The SMILES string of the molecule is C=CCN[C@H]1CCCC[C@H]1NC(O)c1sc2nccc3c2c1NC(=O)N3c1cnc(OC2CCC2)cc1C. The van der Waals surface area contributed by atoms with E-state index in [1.165, 1.54) is 24.2 Å². The average Bonchev–Trinajstić information content (AvgIpc) is 3.26. The third-order valence-corrected chi connectivity index (χ3v) is 8.97. The fourth-order valence-corrected chi connectivity index (χ4v) is 6.67. The highest BCUT2D eigenvalue weighted by atomic mass is 32.1. The van der Waals surface area contributed by atoms with Crippen LogP contribution in [0.1, 0.15) is 61.6 Å². The summed E-state index contributed by atoms with van der Waals surface area (Å²) in [6.07, 6.45) is 12.2. The van der Waals surface area contributed by atoms with Crippen LogP contribution in [0.5, 0.6) is 5.88 Å². The van der Waals surface area contributed by atoms with E-state index >= 15 is 0 Å². The van der Waals surface area contributed by atoms with E-state index < -0.39 is 6.23 Å². The zero-order chi connectivity index (χ0) is 26.2. The molecule has 3 aromatic rings. The Morgan fingerprint density at radius 2 is 2.05 bits per heavy atom. The van der Waals surface area contributed by atoms with E-state index in [-0.39, 0.29) is 24.2 Å². The van der Waals surface area contributed by atoms with Gasteiger partial charge in [0.05, 0.1) is 33.5 Å². The van der Waals surface area contributed by atoms with Crippen molar-refractivity contribution in [1.29, 1.82) is 0 Å². The van der Waals surface area contributed by atoms with Gasteiger partial charge in [-0.05, 0) is 50.7 Å². The van der Waals surface area contributed by atoms with Gasteiger partial charge < -0.3 is 20.5 Å². The molecule has 6 rings (SSSR count). The van der Waals surface area contributed by atoms with Crippen molar-refractivity contribution in [1.82, 2.24) is 20.6 Å². The summed E-state index contributed by atoms with van der Waals surface area (Å²) in [7, 11) is 0. The molecule has 1 unspecified atom stereocenters. The molecule has 9 nitrogen and oxygen atoms in total. The Morgan fingerprint density at radius 1 is 1.24 bits per heavy atom. The lowest BCUT2D eigenvalue weighted by atomic mass is 9.90. The van der Waals surface area contributed by atoms with E-state index in [9.17, 15) is 9.90 Å². The Bertz CT molecular complexity index is 1360. The molecule has 38 heavy (non-hydrogen) atoms. The van der Waals surface area contributed by atoms with Crippen LogP contribution in [-0.2, 0) is 0 Å². The molecule has 2 saturated carbocycles. The number of urea groups is 1. The molecule has 0 bridgehead atoms. The van der Waals surface area contributed by atoms with Crippen LogP contribution in [0.4, 0.5) is 21.9 Å². The summed E-state index contributed by atoms with van der Waals surface area (Å²) in [4.78, 5) is 25.7. The van der Waals surface area contributed by atoms with Gasteiger partial charge in [-0.25, -0.2) is 14.8 Å². The molecule has 0 spiro atoms. The Kier molecular flexibility index (Phi) is 7.05. The highest BCUT2D eigenvalue weighted by Crippen LogP contribution is 2.48. The largest absolute Gasteiger partial charge is 0.474 e. The van der Waals surface area contributed by atoms with Crippen LogP contribution in [0.25, 0.3) is 10.2 Å². The third kappa shape index (κ3) is 4.66. The van der Waals surface area contributed by atoms with Crippen LogP contribution in [-0.4, -0.2) is 45.8 Å². The zero-order valence-corrected chi connectivity index (χ0v) is 22.4. The molecule has 2 aliphatic carbocycles. The van der Waals surface area contributed by atoms with Gasteiger partial charge in [-0.3, -0.25) is 10.2 Å². The molecular weight excluding hydrogens is 500 g/mol. The predicted octanol–water partition coefficient (Wildman–Crippen LogP) is 5.28. The standard InChI is InChI=1S/C28H34N6O3S/c1-3-12-29-18-9-4-5-10-19(18)32-26(35)25-24-23-20(11-13-30-27(23)38-25)34(28(36)33-24)21-15-31-22(14-16(21)2)37-17-7-6-8-17/h3,11,13-15,17-19,26,29,32,35H,1,4-10,12H2,2H3,(H,33,36)/t18-,19+,26?/m0/s1. The van der Waals surface area contributed by atoms with Crippen LogP contribution < -0.4 is 25.6 Å². The number of aliphatic hydroxyl groups is 1. The average molecular weight is 535 g/mol. The number of hydrogen-bond acceptors (Lipinski definition) is 8. The molecule has 4 heterocycles. The first-order chi connectivity index (χ1) is 18.5. The van der Waals surface area contributed by atoms with Crippen molar-refractivity contribution in [2.45, 2.75) is 76.3 Å². The second kappa shape index (κ2) is 10.6. The smallest absolute Gasteiger partial charge is 0.331 e. The van der Waals surface area contributed by atoms with Crippen LogP contribution in [0.2, 0.25) is 0 Å². The summed E-state index contributed by atoms with van der Waals surface area (Å²) in [5, 5.41) is 22.1. The van der Waals surface area contributed by atoms with Crippen LogP contribution in [0.3, 0.4) is 0 Å². The van der Waals surface area contributed by atoms with Crippen molar-refractivity contribution < 1.29 is 14.6 Å². The number of nitrogens with one attached hydrogen (secondary N) is 3. The van der Waals surface area contributed by atoms with E-state index in [0.29, 0.717) is 22.1 Å². The van der Waals surface area contributed by atoms with Crippen molar-refractivity contribution >= 4 is 44.6 Å². The van der Waals surface area contributed by atoms with Gasteiger partial charge in [0.1, 0.15) is 17.2 Å². The Balaban J connectivity index is 1.30. The van der Waals surface area contributed by atoms with E-state index in [2.05, 4.69) is 32.5 Å². The summed E-state index contributed by atoms with van der Waals surface area (Å²) < 4.78 is 5.95. The lowest BCUT2D eigenvalue weighted by Gasteiger charge is -2.34. The molecule has 3 aliphatic rings. The van der Waals surface area contributed by atoms with Crippen molar-refractivity contribution in [3.05, 3.63) is 47.6 Å². The Morgan fingerprint density at radius 3 is 2.79 bits per heavy atom. The molecule has 4 N–H and O–H groups in total. The number of amides is 2. The highest BCUT2D eigenvalue weighted by molar-refractivity contribution is 7.19. The van der Waals surface area contributed by atoms with Crippen LogP contribution in [0.15, 0.2) is 37.2 Å². The third-order valence-electron chi connectivity index (χ3n) is 7.82. The zero-order valence-electron chi connectivity index (χ0n) is 21.6. The maximum atomic E-state index is 13.5. The molecule has 10 heteroatoms. The summed E-state index contributed by atoms with van der Waals surface area (Å²) in [5.41, 5.74) is 2.93. The minimum Gasteiger partial charge on any atom is -0.474 e. The summed E-state index contributed by atoms with van der Waals surface area (Å²) >= 11 is 1.40. The van der Waals surface area contributed by atoms with Crippen LogP contribution in [0, 0.1) is 6.92 Å². The lowest BCUT2D eigenvalue weighted by molar-refractivity contribution is 0.107. The minimum atomic E-state index is -0.925. The van der Waals surface area contributed by atoms with Crippen molar-refractivity contribution in [2.24, 2.45) is 0 Å². The molecule has 0 aromatic carbocycles. The molecule has 2 amide bonds. The molecule has 3 atom stereocenters. The number of pyridine rings is 2. The molecule has 2 fully saturated rings. The van der Waals surface area contributed by atoms with Crippen molar-refractivity contribution in [2.75, 3.05) is 16.8 Å². The van der Waals surface area contributed by atoms with Gasteiger partial charge in [-0.15, -0.1) is 17.9 Å². The number of carbonyl (C=O) groups excluding carboxylic acids is 1. The number of aryl methyl sites for hydroxylation is 1. The maximum absolute atomic E-state index is 13.5. The normalized spacial score (nSPS) is 22.2. The monoisotopic (exact) mass is 534 g/mol. The van der Waals surface area contributed by atoms with Crippen molar-refractivity contribution in [3.63, 3.8) is 0 Å². The molecular formula is C28H34N6O3S. The van der Waals surface area contributed by atoms with Crippen LogP contribution >= 0.6 is 11.3 Å². The highest BCUT2D eigenvalue weighted by Gasteiger charge is 2.35. The van der Waals surface area contributed by atoms with Gasteiger partial charge in [-0.2, -0.15) is 0 Å². The molecule has 3 aromatic heterocycles. The number of thiophene rings is 1. The number of aromatic nitrogens is 2. The van der Waals surface area contributed by atoms with Gasteiger partial charge in [0, 0.05) is 30.9 Å². The first-order valence-electron chi connectivity index (χ1n) is 13.5. The number of anilines is 3. The Hall–Kier alpha value is -3.05. The Labute approximate surface area is 226 Å². The van der Waals surface area contributed by atoms with Gasteiger partial charge in [-0.1, -0.05) is 18.9 Å². The number of ether oxygens (including phenoxy) is 1. The second-order valence-electron chi connectivity index (χ2n) is 10.4. The first-order valence-corrected chi connectivity index (χ1v) is 14.3. The van der Waals surface area contributed by atoms with E-state index in [4.69, 9.17) is 4.74 Å². The number of hydrogen-bond donors (Lipinski definition) is 4. The second-order valence-corrected chi connectivity index (χ2v) is 11.4. The maximum Gasteiger partial charge on any atom is 0.331 e. The predicted molar refractivity (Wildman–Crippen MR) is 150 cm³/mol. The topological polar surface area (TPSA) is 112 Å². The number of carbonyl (C=O) groups is 1. The van der Waals surface area contributed by atoms with Gasteiger partial charge in [0.15, 0.2) is 0 Å². The fraction of sp³-hybridized carbons (Fsp3) is 0.464. The molecule has 0 saturated heterocycles. The molecule has 1 aliphatic heterocycles.